The second kappa shape index (κ2) is 25.0. The molecule has 0 aliphatic heterocycles. The van der Waals surface area contributed by atoms with Crippen LogP contribution >= 0.6 is 90.3 Å². The van der Waals surface area contributed by atoms with Gasteiger partial charge in [0.2, 0.25) is 0 Å². The van der Waals surface area contributed by atoms with Crippen molar-refractivity contribution in [3.8, 4) is 0 Å². The number of thioether (sulfide) groups is 3. The fourth-order valence-electron chi connectivity index (χ4n) is 4.86. The van der Waals surface area contributed by atoms with Gasteiger partial charge in [-0.05, 0) is 95.6 Å². The lowest BCUT2D eigenvalue weighted by molar-refractivity contribution is 0.0942. The standard InChI is InChI=1S/C16H14BrCl2N3OS.C13H16BrN3OS.C10H13N3OS/c17-11-2-3-12(10(6-11)8-24-16(20)21)15(23)22-7-9-1-4-13(18)14(19)5-9;14-10-3-4-11(9(5-10)7-19-13(15)16)12(18)17-6-8-1-2-8;1-13-9(14)8-5-3-2-4-7(8)6-15-10(11)12/h1-6H,7-8H2,(H3,20,21)(H,22,23);3-5,8H,1-2,6-7H2,(H3,15,16)(H,17,18);2-5H,6H2,1H3,(H3,11,12)(H,13,14). The number of rotatable bonds is 13. The van der Waals surface area contributed by atoms with Crippen molar-refractivity contribution in [2.24, 2.45) is 23.1 Å². The van der Waals surface area contributed by atoms with Crippen molar-refractivity contribution in [1.82, 2.24) is 16.0 Å². The van der Waals surface area contributed by atoms with E-state index in [9.17, 15) is 14.4 Å². The van der Waals surface area contributed by atoms with E-state index in [2.05, 4.69) is 47.8 Å². The Labute approximate surface area is 377 Å². The van der Waals surface area contributed by atoms with Gasteiger partial charge in [-0.1, -0.05) is 115 Å². The van der Waals surface area contributed by atoms with Crippen molar-refractivity contribution in [2.75, 3.05) is 13.6 Å². The summed E-state index contributed by atoms with van der Waals surface area (Å²) >= 11 is 22.2. The van der Waals surface area contributed by atoms with E-state index >= 15 is 0 Å². The Hall–Kier alpha value is -3.71. The van der Waals surface area contributed by atoms with Crippen molar-refractivity contribution in [2.45, 2.75) is 36.6 Å². The zero-order chi connectivity index (χ0) is 42.8. The summed E-state index contributed by atoms with van der Waals surface area (Å²) in [5.74, 6) is 1.82. The Kier molecular flexibility index (Phi) is 21.0. The quantitative estimate of drug-likeness (QED) is 0.0459. The maximum Gasteiger partial charge on any atom is 0.251 e. The molecular formula is C39H43Br2Cl2N9O3S3. The zero-order valence-electron chi connectivity index (χ0n) is 31.2. The van der Waals surface area contributed by atoms with E-state index in [1.807, 2.05) is 48.5 Å². The fraction of sp³-hybridized carbons (Fsp3) is 0.231. The highest BCUT2D eigenvalue weighted by Crippen LogP contribution is 2.28. The van der Waals surface area contributed by atoms with Gasteiger partial charge in [-0.15, -0.1) is 0 Å². The molecule has 5 rings (SSSR count). The fourth-order valence-corrected chi connectivity index (χ4v) is 7.66. The van der Waals surface area contributed by atoms with Crippen LogP contribution in [0.4, 0.5) is 0 Å². The maximum absolute atomic E-state index is 12.5. The molecule has 4 aromatic rings. The van der Waals surface area contributed by atoms with Crippen molar-refractivity contribution in [3.05, 3.63) is 137 Å². The number of carbonyl (C=O) groups excluding carboxylic acids is 3. The van der Waals surface area contributed by atoms with Gasteiger partial charge in [0.1, 0.15) is 0 Å². The molecule has 12 nitrogen and oxygen atoms in total. The Bertz CT molecular complexity index is 2130. The highest BCUT2D eigenvalue weighted by molar-refractivity contribution is 9.10. The van der Waals surface area contributed by atoms with E-state index in [1.54, 1.807) is 37.4 Å². The van der Waals surface area contributed by atoms with Crippen LogP contribution in [0.1, 0.15) is 66.2 Å². The van der Waals surface area contributed by atoms with Crippen LogP contribution in [-0.2, 0) is 23.8 Å². The molecule has 12 N–H and O–H groups in total. The molecule has 1 saturated carbocycles. The molecule has 1 aliphatic rings. The molecule has 3 amide bonds. The number of benzene rings is 4. The number of nitrogens with two attached hydrogens (primary N) is 3. The van der Waals surface area contributed by atoms with Gasteiger partial charge in [0, 0.05) is 63.0 Å². The van der Waals surface area contributed by atoms with E-state index in [0.29, 0.717) is 56.5 Å². The maximum atomic E-state index is 12.5. The molecule has 0 bridgehead atoms. The largest absolute Gasteiger partial charge is 0.379 e. The molecule has 1 aliphatic carbocycles. The lowest BCUT2D eigenvalue weighted by Gasteiger charge is -2.11. The molecule has 0 spiro atoms. The number of hydrogen-bond donors (Lipinski definition) is 9. The molecular weight excluding hydrogens is 969 g/mol. The summed E-state index contributed by atoms with van der Waals surface area (Å²) in [4.78, 5) is 36.1. The van der Waals surface area contributed by atoms with Crippen molar-refractivity contribution >= 4 is 124 Å². The van der Waals surface area contributed by atoms with Crippen LogP contribution in [0.25, 0.3) is 0 Å². The van der Waals surface area contributed by atoms with Crippen molar-refractivity contribution in [3.63, 3.8) is 0 Å². The van der Waals surface area contributed by atoms with Gasteiger partial charge in [-0.25, -0.2) is 0 Å². The zero-order valence-corrected chi connectivity index (χ0v) is 38.4. The van der Waals surface area contributed by atoms with E-state index < -0.39 is 0 Å². The molecule has 1 fully saturated rings. The molecule has 0 aromatic heterocycles. The molecule has 4 aromatic carbocycles. The van der Waals surface area contributed by atoms with Crippen LogP contribution in [0.15, 0.2) is 87.8 Å². The third kappa shape index (κ3) is 17.6. The van der Waals surface area contributed by atoms with Gasteiger partial charge < -0.3 is 33.2 Å². The van der Waals surface area contributed by atoms with E-state index in [1.165, 1.54) is 48.1 Å². The summed E-state index contributed by atoms with van der Waals surface area (Å²) < 4.78 is 1.79. The van der Waals surface area contributed by atoms with Gasteiger partial charge in [-0.2, -0.15) is 0 Å². The van der Waals surface area contributed by atoms with Crippen LogP contribution in [0, 0.1) is 22.1 Å². The van der Waals surface area contributed by atoms with Crippen LogP contribution in [0.5, 0.6) is 0 Å². The monoisotopic (exact) mass is 1010 g/mol. The minimum atomic E-state index is -0.201. The van der Waals surface area contributed by atoms with Gasteiger partial charge in [0.25, 0.3) is 17.7 Å². The SMILES string of the molecule is CNC(=O)c1ccccc1CSC(=N)N.N=C(N)SCc1cc(Br)ccc1C(=O)NCC1CC1.N=C(N)SCc1cc(Br)ccc1C(=O)NCc1ccc(Cl)c(Cl)c1. The van der Waals surface area contributed by atoms with Crippen LogP contribution in [0.3, 0.4) is 0 Å². The van der Waals surface area contributed by atoms with Crippen LogP contribution in [0.2, 0.25) is 10.0 Å². The summed E-state index contributed by atoms with van der Waals surface area (Å²) in [6, 6.07) is 23.5. The van der Waals surface area contributed by atoms with E-state index in [0.717, 1.165) is 37.7 Å². The lowest BCUT2D eigenvalue weighted by atomic mass is 10.1. The molecule has 308 valence electrons. The van der Waals surface area contributed by atoms with Gasteiger partial charge >= 0.3 is 0 Å². The molecule has 0 unspecified atom stereocenters. The van der Waals surface area contributed by atoms with E-state index in [-0.39, 0.29) is 33.2 Å². The number of amides is 3. The first-order valence-corrected chi connectivity index (χ1v) is 22.6. The third-order valence-electron chi connectivity index (χ3n) is 7.95. The summed E-state index contributed by atoms with van der Waals surface area (Å²) in [5, 5.41) is 31.1. The molecule has 19 heteroatoms. The van der Waals surface area contributed by atoms with Gasteiger partial charge in [-0.3, -0.25) is 30.6 Å². The number of nitrogens with one attached hydrogen (secondary N) is 6. The van der Waals surface area contributed by atoms with E-state index in [4.69, 9.17) is 56.6 Å². The second-order valence-electron chi connectivity index (χ2n) is 12.4. The Morgan fingerprint density at radius 1 is 0.655 bits per heavy atom. The lowest BCUT2D eigenvalue weighted by Crippen LogP contribution is -2.26. The highest BCUT2D eigenvalue weighted by atomic mass is 79.9. The summed E-state index contributed by atoms with van der Waals surface area (Å²) in [6.07, 6.45) is 2.43. The molecule has 0 heterocycles. The summed E-state index contributed by atoms with van der Waals surface area (Å²) in [6.45, 7) is 1.10. The second-order valence-corrected chi connectivity index (χ2v) is 18.1. The topological polar surface area (TPSA) is 237 Å². The average molecular weight is 1010 g/mol. The Morgan fingerprint density at radius 3 is 1.62 bits per heavy atom. The normalized spacial score (nSPS) is 11.5. The first-order valence-electron chi connectivity index (χ1n) is 17.4. The summed E-state index contributed by atoms with van der Waals surface area (Å²) in [7, 11) is 1.59. The smallest absolute Gasteiger partial charge is 0.251 e. The summed E-state index contributed by atoms with van der Waals surface area (Å²) in [5.41, 5.74) is 21.2. The molecule has 0 saturated heterocycles. The number of halogens is 4. The minimum absolute atomic E-state index is 0.0112. The average Bonchev–Trinajstić information content (AvgIpc) is 4.03. The number of amidine groups is 3. The van der Waals surface area contributed by atoms with Crippen molar-refractivity contribution in [1.29, 1.82) is 16.2 Å². The molecule has 58 heavy (non-hydrogen) atoms. The predicted octanol–water partition coefficient (Wildman–Crippen LogP) is 8.70. The van der Waals surface area contributed by atoms with Crippen LogP contribution in [-0.4, -0.2) is 46.8 Å². The van der Waals surface area contributed by atoms with Gasteiger partial charge in [0.05, 0.1) is 10.0 Å². The molecule has 0 radical (unpaired) electrons. The predicted molar refractivity (Wildman–Crippen MR) is 250 cm³/mol. The minimum Gasteiger partial charge on any atom is -0.379 e. The Balaban J connectivity index is 0.000000240. The first-order chi connectivity index (χ1) is 27.6. The first kappa shape index (κ1) is 48.7. The molecule has 0 atom stereocenters. The Morgan fingerprint density at radius 2 is 1.14 bits per heavy atom. The number of hydrogen-bond acceptors (Lipinski definition) is 9. The number of carbonyl (C=O) groups is 3. The highest BCUT2D eigenvalue weighted by Gasteiger charge is 2.22. The third-order valence-corrected chi connectivity index (χ3v) is 12.0. The van der Waals surface area contributed by atoms with Crippen molar-refractivity contribution < 1.29 is 14.4 Å². The van der Waals surface area contributed by atoms with Crippen LogP contribution < -0.4 is 33.2 Å². The van der Waals surface area contributed by atoms with Gasteiger partial charge in [0.15, 0.2) is 15.5 Å².